The number of halogens is 1. The van der Waals surface area contributed by atoms with Crippen LogP contribution in [0.5, 0.6) is 0 Å². The zero-order chi connectivity index (χ0) is 12.7. The van der Waals surface area contributed by atoms with Crippen LogP contribution in [0.25, 0.3) is 0 Å². The van der Waals surface area contributed by atoms with E-state index in [1.54, 1.807) is 12.1 Å². The van der Waals surface area contributed by atoms with Crippen LogP contribution in [0.15, 0.2) is 22.7 Å². The van der Waals surface area contributed by atoms with E-state index in [1.165, 1.54) is 6.07 Å². The standard InChI is InChI=1S/C11H16BrN3O2/c1-2-13-6-3-7-14-10-8-9(12)4-5-11(10)15(16)17/h4-5,8,13-14H,2-3,6-7H2,1H3. The summed E-state index contributed by atoms with van der Waals surface area (Å²) in [6.07, 6.45) is 0.928. The lowest BCUT2D eigenvalue weighted by Crippen LogP contribution is -2.17. The van der Waals surface area contributed by atoms with Gasteiger partial charge in [-0.3, -0.25) is 10.1 Å². The second-order valence-electron chi connectivity index (χ2n) is 3.55. The maximum atomic E-state index is 10.8. The van der Waals surface area contributed by atoms with Crippen LogP contribution in [-0.4, -0.2) is 24.6 Å². The third-order valence-corrected chi connectivity index (χ3v) is 2.74. The van der Waals surface area contributed by atoms with Crippen molar-refractivity contribution in [3.05, 3.63) is 32.8 Å². The Balaban J connectivity index is 2.56. The van der Waals surface area contributed by atoms with Crippen molar-refractivity contribution in [2.75, 3.05) is 25.0 Å². The molecule has 0 atom stereocenters. The largest absolute Gasteiger partial charge is 0.379 e. The molecule has 1 aromatic carbocycles. The van der Waals surface area contributed by atoms with Gasteiger partial charge in [0.05, 0.1) is 4.92 Å². The maximum Gasteiger partial charge on any atom is 0.292 e. The minimum Gasteiger partial charge on any atom is -0.379 e. The van der Waals surface area contributed by atoms with E-state index in [0.717, 1.165) is 24.0 Å². The number of hydrogen-bond donors (Lipinski definition) is 2. The smallest absolute Gasteiger partial charge is 0.292 e. The number of nitro benzene ring substituents is 1. The summed E-state index contributed by atoms with van der Waals surface area (Å²) in [4.78, 5) is 10.4. The molecule has 0 spiro atoms. The summed E-state index contributed by atoms with van der Waals surface area (Å²) < 4.78 is 0.831. The SMILES string of the molecule is CCNCCCNc1cc(Br)ccc1[N+](=O)[O-]. The van der Waals surface area contributed by atoms with Crippen LogP contribution in [-0.2, 0) is 0 Å². The lowest BCUT2D eigenvalue weighted by atomic mass is 10.2. The fraction of sp³-hybridized carbons (Fsp3) is 0.455. The van der Waals surface area contributed by atoms with E-state index in [2.05, 4.69) is 26.6 Å². The second-order valence-corrected chi connectivity index (χ2v) is 4.47. The molecular weight excluding hydrogens is 286 g/mol. The first-order valence-electron chi connectivity index (χ1n) is 5.53. The highest BCUT2D eigenvalue weighted by atomic mass is 79.9. The normalized spacial score (nSPS) is 10.2. The van der Waals surface area contributed by atoms with Gasteiger partial charge in [0.2, 0.25) is 0 Å². The molecule has 0 aliphatic carbocycles. The minimum absolute atomic E-state index is 0.108. The van der Waals surface area contributed by atoms with Crippen LogP contribution in [0, 0.1) is 10.1 Å². The van der Waals surface area contributed by atoms with Gasteiger partial charge in [0, 0.05) is 17.1 Å². The van der Waals surface area contributed by atoms with Crippen LogP contribution >= 0.6 is 15.9 Å². The van der Waals surface area contributed by atoms with Crippen molar-refractivity contribution in [1.82, 2.24) is 5.32 Å². The predicted molar refractivity (Wildman–Crippen MR) is 72.4 cm³/mol. The fourth-order valence-corrected chi connectivity index (χ4v) is 1.78. The Labute approximate surface area is 109 Å². The number of hydrogen-bond acceptors (Lipinski definition) is 4. The van der Waals surface area contributed by atoms with Crippen molar-refractivity contribution in [2.24, 2.45) is 0 Å². The van der Waals surface area contributed by atoms with E-state index in [4.69, 9.17) is 0 Å². The molecular formula is C11H16BrN3O2. The van der Waals surface area contributed by atoms with Gasteiger partial charge in [-0.25, -0.2) is 0 Å². The molecule has 94 valence electrons. The van der Waals surface area contributed by atoms with Crippen molar-refractivity contribution in [3.8, 4) is 0 Å². The van der Waals surface area contributed by atoms with Crippen LogP contribution in [0.4, 0.5) is 11.4 Å². The summed E-state index contributed by atoms with van der Waals surface area (Å²) in [6.45, 7) is 4.61. The number of nitrogens with zero attached hydrogens (tertiary/aromatic N) is 1. The van der Waals surface area contributed by atoms with E-state index in [1.807, 2.05) is 6.92 Å². The molecule has 0 bridgehead atoms. The van der Waals surface area contributed by atoms with E-state index < -0.39 is 0 Å². The first-order valence-corrected chi connectivity index (χ1v) is 6.33. The summed E-state index contributed by atoms with van der Waals surface area (Å²) in [6, 6.07) is 4.89. The Bertz CT molecular complexity index is 385. The van der Waals surface area contributed by atoms with Crippen molar-refractivity contribution in [1.29, 1.82) is 0 Å². The molecule has 0 aromatic heterocycles. The topological polar surface area (TPSA) is 67.2 Å². The Kier molecular flexibility index (Phi) is 5.93. The lowest BCUT2D eigenvalue weighted by molar-refractivity contribution is -0.384. The summed E-state index contributed by atoms with van der Waals surface area (Å²) in [5, 5.41) is 17.1. The van der Waals surface area contributed by atoms with Crippen molar-refractivity contribution in [3.63, 3.8) is 0 Å². The molecule has 0 aliphatic heterocycles. The van der Waals surface area contributed by atoms with Gasteiger partial charge in [-0.2, -0.15) is 0 Å². The summed E-state index contributed by atoms with van der Waals surface area (Å²) in [5.41, 5.74) is 0.664. The van der Waals surface area contributed by atoms with Crippen molar-refractivity contribution < 1.29 is 4.92 Å². The first-order chi connectivity index (χ1) is 8.15. The molecule has 2 N–H and O–H groups in total. The van der Waals surface area contributed by atoms with E-state index >= 15 is 0 Å². The van der Waals surface area contributed by atoms with Crippen LogP contribution in [0.2, 0.25) is 0 Å². The zero-order valence-corrected chi connectivity index (χ0v) is 11.3. The Morgan fingerprint density at radius 1 is 1.41 bits per heavy atom. The molecule has 17 heavy (non-hydrogen) atoms. The van der Waals surface area contributed by atoms with Crippen LogP contribution in [0.3, 0.4) is 0 Å². The molecule has 0 radical (unpaired) electrons. The predicted octanol–water partition coefficient (Wildman–Crippen LogP) is 2.77. The quantitative estimate of drug-likeness (QED) is 0.462. The van der Waals surface area contributed by atoms with Crippen LogP contribution in [0.1, 0.15) is 13.3 Å². The fourth-order valence-electron chi connectivity index (χ4n) is 1.42. The number of anilines is 1. The maximum absolute atomic E-state index is 10.8. The number of nitro groups is 1. The Hall–Kier alpha value is -1.14. The highest BCUT2D eigenvalue weighted by Crippen LogP contribution is 2.27. The van der Waals surface area contributed by atoms with Gasteiger partial charge < -0.3 is 10.6 Å². The number of benzene rings is 1. The van der Waals surface area contributed by atoms with Crippen molar-refractivity contribution >= 4 is 27.3 Å². The van der Waals surface area contributed by atoms with Gasteiger partial charge >= 0.3 is 0 Å². The molecule has 0 saturated carbocycles. The molecule has 1 aromatic rings. The molecule has 0 aliphatic rings. The number of nitrogens with one attached hydrogen (secondary N) is 2. The van der Waals surface area contributed by atoms with Gasteiger partial charge in [-0.15, -0.1) is 0 Å². The van der Waals surface area contributed by atoms with Gasteiger partial charge in [0.1, 0.15) is 5.69 Å². The zero-order valence-electron chi connectivity index (χ0n) is 9.70. The van der Waals surface area contributed by atoms with Gasteiger partial charge in [-0.05, 0) is 31.6 Å². The molecule has 0 amide bonds. The molecule has 5 nitrogen and oxygen atoms in total. The Morgan fingerprint density at radius 3 is 2.82 bits per heavy atom. The highest BCUT2D eigenvalue weighted by Gasteiger charge is 2.12. The number of rotatable bonds is 7. The molecule has 0 heterocycles. The van der Waals surface area contributed by atoms with E-state index in [0.29, 0.717) is 12.2 Å². The summed E-state index contributed by atoms with van der Waals surface area (Å²) in [5.74, 6) is 0. The minimum atomic E-state index is -0.376. The summed E-state index contributed by atoms with van der Waals surface area (Å²) >= 11 is 3.30. The average Bonchev–Trinajstić information content (AvgIpc) is 2.28. The van der Waals surface area contributed by atoms with Crippen LogP contribution < -0.4 is 10.6 Å². The second kappa shape index (κ2) is 7.24. The van der Waals surface area contributed by atoms with Gasteiger partial charge in [0.25, 0.3) is 5.69 Å². The van der Waals surface area contributed by atoms with Crippen molar-refractivity contribution in [2.45, 2.75) is 13.3 Å². The Morgan fingerprint density at radius 2 is 2.18 bits per heavy atom. The summed E-state index contributed by atoms with van der Waals surface area (Å²) in [7, 11) is 0. The third-order valence-electron chi connectivity index (χ3n) is 2.25. The van der Waals surface area contributed by atoms with E-state index in [9.17, 15) is 10.1 Å². The molecule has 6 heteroatoms. The van der Waals surface area contributed by atoms with Gasteiger partial charge in [0.15, 0.2) is 0 Å². The first kappa shape index (κ1) is 13.9. The average molecular weight is 302 g/mol. The molecule has 0 fully saturated rings. The molecule has 1 rings (SSSR count). The van der Waals surface area contributed by atoms with E-state index in [-0.39, 0.29) is 10.6 Å². The molecule has 0 saturated heterocycles. The highest BCUT2D eigenvalue weighted by molar-refractivity contribution is 9.10. The monoisotopic (exact) mass is 301 g/mol. The third kappa shape index (κ3) is 4.70. The van der Waals surface area contributed by atoms with Gasteiger partial charge in [-0.1, -0.05) is 22.9 Å². The molecule has 0 unspecified atom stereocenters. The lowest BCUT2D eigenvalue weighted by Gasteiger charge is -2.07.